The predicted molar refractivity (Wildman–Crippen MR) is 93.7 cm³/mol. The topological polar surface area (TPSA) is 35.5 Å². The Labute approximate surface area is 142 Å². The molecule has 0 aromatic heterocycles. The summed E-state index contributed by atoms with van der Waals surface area (Å²) < 4.78 is 11.3. The standard InChI is InChI=1S/C18H27BrO3/c1-17(2,3)22-16(20)18(4,5)21-15-11-8-10-14(13-15)9-6-7-12-19/h8,10-11,13H,6-7,9,12H2,1-5H3. The molecule has 0 saturated heterocycles. The van der Waals surface area contributed by atoms with Gasteiger partial charge in [-0.15, -0.1) is 0 Å². The zero-order chi connectivity index (χ0) is 16.8. The molecule has 1 rings (SSSR count). The molecule has 0 atom stereocenters. The van der Waals surface area contributed by atoms with Crippen molar-refractivity contribution in [1.82, 2.24) is 0 Å². The van der Waals surface area contributed by atoms with Crippen molar-refractivity contribution in [3.8, 4) is 5.75 Å². The van der Waals surface area contributed by atoms with E-state index in [1.54, 1.807) is 13.8 Å². The molecule has 0 radical (unpaired) electrons. The number of unbranched alkanes of at least 4 members (excludes halogenated alkanes) is 1. The number of alkyl halides is 1. The lowest BCUT2D eigenvalue weighted by atomic mass is 10.1. The molecule has 3 nitrogen and oxygen atoms in total. The molecule has 0 spiro atoms. The third kappa shape index (κ3) is 6.82. The molecule has 1 aromatic rings. The largest absolute Gasteiger partial charge is 0.476 e. The Morgan fingerprint density at radius 2 is 1.82 bits per heavy atom. The summed E-state index contributed by atoms with van der Waals surface area (Å²) >= 11 is 3.44. The van der Waals surface area contributed by atoms with E-state index in [1.807, 2.05) is 39.0 Å². The van der Waals surface area contributed by atoms with Crippen molar-refractivity contribution < 1.29 is 14.3 Å². The van der Waals surface area contributed by atoms with Gasteiger partial charge in [0.15, 0.2) is 5.60 Å². The van der Waals surface area contributed by atoms with E-state index in [9.17, 15) is 4.79 Å². The maximum absolute atomic E-state index is 12.2. The smallest absolute Gasteiger partial charge is 0.350 e. The van der Waals surface area contributed by atoms with Crippen LogP contribution in [-0.4, -0.2) is 22.5 Å². The van der Waals surface area contributed by atoms with Gasteiger partial charge in [-0.2, -0.15) is 0 Å². The van der Waals surface area contributed by atoms with Gasteiger partial charge in [0, 0.05) is 5.33 Å². The van der Waals surface area contributed by atoms with Crippen LogP contribution in [0.4, 0.5) is 0 Å². The molecule has 0 bridgehead atoms. The monoisotopic (exact) mass is 370 g/mol. The minimum absolute atomic E-state index is 0.357. The summed E-state index contributed by atoms with van der Waals surface area (Å²) in [6.45, 7) is 9.03. The Kier molecular flexibility index (Phi) is 6.92. The summed E-state index contributed by atoms with van der Waals surface area (Å²) in [7, 11) is 0. The molecule has 0 aliphatic heterocycles. The Morgan fingerprint density at radius 3 is 2.41 bits per heavy atom. The Morgan fingerprint density at radius 1 is 1.14 bits per heavy atom. The van der Waals surface area contributed by atoms with Crippen LogP contribution in [0.15, 0.2) is 24.3 Å². The molecule has 0 N–H and O–H groups in total. The van der Waals surface area contributed by atoms with Crippen molar-refractivity contribution in [2.45, 2.75) is 65.1 Å². The molecule has 0 unspecified atom stereocenters. The SMILES string of the molecule is CC(C)(C)OC(=O)C(C)(C)Oc1cccc(CCCCBr)c1. The lowest BCUT2D eigenvalue weighted by Gasteiger charge is -2.29. The van der Waals surface area contributed by atoms with E-state index >= 15 is 0 Å². The maximum atomic E-state index is 12.2. The minimum atomic E-state index is -1.01. The molecule has 0 fully saturated rings. The van der Waals surface area contributed by atoms with Crippen molar-refractivity contribution in [3.63, 3.8) is 0 Å². The Hall–Kier alpha value is -1.03. The first-order valence-corrected chi connectivity index (χ1v) is 8.83. The van der Waals surface area contributed by atoms with E-state index in [4.69, 9.17) is 9.47 Å². The van der Waals surface area contributed by atoms with Gasteiger partial charge in [0.1, 0.15) is 11.4 Å². The normalized spacial score (nSPS) is 12.1. The molecule has 1 aromatic carbocycles. The third-order valence-corrected chi connectivity index (χ3v) is 3.57. The molecule has 0 amide bonds. The molecular weight excluding hydrogens is 344 g/mol. The molecule has 0 heterocycles. The van der Waals surface area contributed by atoms with Crippen LogP contribution in [0.1, 0.15) is 53.0 Å². The summed E-state index contributed by atoms with van der Waals surface area (Å²) in [5.74, 6) is 0.344. The summed E-state index contributed by atoms with van der Waals surface area (Å²) in [4.78, 5) is 12.2. The summed E-state index contributed by atoms with van der Waals surface area (Å²) in [5.41, 5.74) is -0.310. The van der Waals surface area contributed by atoms with Gasteiger partial charge in [-0.25, -0.2) is 4.79 Å². The second-order valence-corrected chi connectivity index (χ2v) is 7.70. The van der Waals surface area contributed by atoms with Crippen LogP contribution >= 0.6 is 15.9 Å². The maximum Gasteiger partial charge on any atom is 0.350 e. The van der Waals surface area contributed by atoms with Gasteiger partial charge in [-0.05, 0) is 71.6 Å². The lowest BCUT2D eigenvalue weighted by Crippen LogP contribution is -2.43. The van der Waals surface area contributed by atoms with Crippen molar-refractivity contribution in [1.29, 1.82) is 0 Å². The van der Waals surface area contributed by atoms with Gasteiger partial charge >= 0.3 is 5.97 Å². The van der Waals surface area contributed by atoms with Gasteiger partial charge in [-0.3, -0.25) is 0 Å². The number of hydrogen-bond acceptors (Lipinski definition) is 3. The highest BCUT2D eigenvalue weighted by atomic mass is 79.9. The summed E-state index contributed by atoms with van der Waals surface area (Å²) in [6.07, 6.45) is 3.29. The summed E-state index contributed by atoms with van der Waals surface area (Å²) in [6, 6.07) is 7.92. The zero-order valence-corrected chi connectivity index (χ0v) is 15.8. The first kappa shape index (κ1) is 19.0. The molecule has 4 heteroatoms. The van der Waals surface area contributed by atoms with Gasteiger partial charge in [0.25, 0.3) is 0 Å². The van der Waals surface area contributed by atoms with E-state index in [1.165, 1.54) is 5.56 Å². The van der Waals surface area contributed by atoms with E-state index in [0.29, 0.717) is 5.75 Å². The van der Waals surface area contributed by atoms with Crippen molar-refractivity contribution in [2.24, 2.45) is 0 Å². The average molecular weight is 371 g/mol. The minimum Gasteiger partial charge on any atom is -0.476 e. The fraction of sp³-hybridized carbons (Fsp3) is 0.611. The van der Waals surface area contributed by atoms with Crippen LogP contribution in [-0.2, 0) is 16.0 Å². The number of rotatable bonds is 7. The molecule has 0 aliphatic rings. The van der Waals surface area contributed by atoms with E-state index < -0.39 is 11.2 Å². The van der Waals surface area contributed by atoms with Crippen LogP contribution in [0.3, 0.4) is 0 Å². The number of halogens is 1. The highest BCUT2D eigenvalue weighted by Gasteiger charge is 2.34. The van der Waals surface area contributed by atoms with Crippen molar-refractivity contribution in [3.05, 3.63) is 29.8 Å². The fourth-order valence-corrected chi connectivity index (χ4v) is 2.32. The third-order valence-electron chi connectivity index (χ3n) is 3.01. The quantitative estimate of drug-likeness (QED) is 0.388. The highest BCUT2D eigenvalue weighted by Crippen LogP contribution is 2.23. The van der Waals surface area contributed by atoms with E-state index in [2.05, 4.69) is 22.0 Å². The number of benzene rings is 1. The number of aryl methyl sites for hydroxylation is 1. The average Bonchev–Trinajstić information content (AvgIpc) is 2.37. The number of ether oxygens (including phenoxy) is 2. The fourth-order valence-electron chi connectivity index (χ4n) is 1.93. The number of esters is 1. The molecule has 124 valence electrons. The second kappa shape index (κ2) is 8.00. The molecular formula is C18H27BrO3. The van der Waals surface area contributed by atoms with E-state index in [-0.39, 0.29) is 5.97 Å². The van der Waals surface area contributed by atoms with Crippen LogP contribution in [0.2, 0.25) is 0 Å². The van der Waals surface area contributed by atoms with Gasteiger partial charge in [0.2, 0.25) is 0 Å². The van der Waals surface area contributed by atoms with Crippen LogP contribution < -0.4 is 4.74 Å². The van der Waals surface area contributed by atoms with Crippen molar-refractivity contribution in [2.75, 3.05) is 5.33 Å². The second-order valence-electron chi connectivity index (χ2n) is 6.91. The van der Waals surface area contributed by atoms with Gasteiger partial charge < -0.3 is 9.47 Å². The lowest BCUT2D eigenvalue weighted by molar-refractivity contribution is -0.170. The first-order chi connectivity index (χ1) is 10.1. The molecule has 22 heavy (non-hydrogen) atoms. The van der Waals surface area contributed by atoms with Crippen LogP contribution in [0, 0.1) is 0 Å². The number of carbonyl (C=O) groups excluding carboxylic acids is 1. The van der Waals surface area contributed by atoms with Gasteiger partial charge in [0.05, 0.1) is 0 Å². The Bertz CT molecular complexity index is 489. The molecule has 0 saturated carbocycles. The van der Waals surface area contributed by atoms with E-state index in [0.717, 1.165) is 24.6 Å². The van der Waals surface area contributed by atoms with Crippen LogP contribution in [0.25, 0.3) is 0 Å². The summed E-state index contributed by atoms with van der Waals surface area (Å²) in [5, 5.41) is 1.02. The van der Waals surface area contributed by atoms with Gasteiger partial charge in [-0.1, -0.05) is 28.1 Å². The first-order valence-electron chi connectivity index (χ1n) is 7.71. The number of carbonyl (C=O) groups is 1. The Balaban J connectivity index is 2.72. The van der Waals surface area contributed by atoms with Crippen LogP contribution in [0.5, 0.6) is 5.75 Å². The number of hydrogen-bond donors (Lipinski definition) is 0. The van der Waals surface area contributed by atoms with Crippen molar-refractivity contribution >= 4 is 21.9 Å². The molecule has 0 aliphatic carbocycles. The predicted octanol–water partition coefficient (Wildman–Crippen LogP) is 4.90. The zero-order valence-electron chi connectivity index (χ0n) is 14.2. The highest BCUT2D eigenvalue weighted by molar-refractivity contribution is 9.09.